The molecule has 3 atom stereocenters. The smallest absolute Gasteiger partial charge is 0.207 e. The molecule has 1 heterocycles. The van der Waals surface area contributed by atoms with E-state index in [9.17, 15) is 8.42 Å². The van der Waals surface area contributed by atoms with E-state index in [1.54, 1.807) is 16.4 Å². The largest absolute Gasteiger partial charge is 0.243 e. The number of hydrogen-bond donors (Lipinski definition) is 0. The first-order valence-electron chi connectivity index (χ1n) is 7.15. The van der Waals surface area contributed by atoms with Crippen molar-refractivity contribution in [3.8, 4) is 0 Å². The number of rotatable bonds is 2. The third-order valence-electron chi connectivity index (χ3n) is 4.89. The van der Waals surface area contributed by atoms with Crippen LogP contribution in [-0.4, -0.2) is 30.1 Å². The van der Waals surface area contributed by atoms with Crippen molar-refractivity contribution in [2.45, 2.75) is 43.0 Å². The highest BCUT2D eigenvalue weighted by Gasteiger charge is 2.51. The van der Waals surface area contributed by atoms with Crippen LogP contribution in [0.4, 0.5) is 0 Å². The number of sulfonamides is 1. The van der Waals surface area contributed by atoms with Gasteiger partial charge in [0.05, 0.1) is 4.90 Å². The summed E-state index contributed by atoms with van der Waals surface area (Å²) in [7, 11) is -3.43. The van der Waals surface area contributed by atoms with Crippen LogP contribution in [0.15, 0.2) is 40.8 Å². The van der Waals surface area contributed by atoms with Crippen molar-refractivity contribution in [2.24, 2.45) is 5.41 Å². The van der Waals surface area contributed by atoms with Crippen LogP contribution in [0, 0.1) is 12.3 Å². The zero-order valence-corrected chi connectivity index (χ0v) is 14.9. The number of benzene rings is 1. The summed E-state index contributed by atoms with van der Waals surface area (Å²) in [5, 5.41) is 0. The summed E-state index contributed by atoms with van der Waals surface area (Å²) in [5.41, 5.74) is 2.31. The van der Waals surface area contributed by atoms with Gasteiger partial charge in [0.15, 0.2) is 0 Å². The summed E-state index contributed by atoms with van der Waals surface area (Å²) in [5.74, 6) is 0. The molecule has 0 saturated carbocycles. The van der Waals surface area contributed by atoms with Crippen LogP contribution >= 0.6 is 15.9 Å². The molecule has 2 aliphatic rings. The molecule has 0 N–H and O–H groups in total. The Morgan fingerprint density at radius 1 is 1.24 bits per heavy atom. The Morgan fingerprint density at radius 2 is 1.86 bits per heavy atom. The Hall–Kier alpha value is -0.650. The molecule has 1 saturated heterocycles. The predicted octanol–water partition coefficient (Wildman–Crippen LogP) is 3.49. The molecule has 3 rings (SSSR count). The quantitative estimate of drug-likeness (QED) is 0.590. The van der Waals surface area contributed by atoms with Gasteiger partial charge in [0.25, 0.3) is 0 Å². The van der Waals surface area contributed by atoms with Crippen LogP contribution < -0.4 is 0 Å². The van der Waals surface area contributed by atoms with Gasteiger partial charge >= 0.3 is 0 Å². The summed E-state index contributed by atoms with van der Waals surface area (Å²) < 4.78 is 27.6. The molecule has 2 bridgehead atoms. The van der Waals surface area contributed by atoms with Gasteiger partial charge in [-0.25, -0.2) is 8.42 Å². The molecule has 0 amide bonds. The van der Waals surface area contributed by atoms with Gasteiger partial charge in [-0.15, -0.1) is 0 Å². The van der Waals surface area contributed by atoms with E-state index in [0.29, 0.717) is 11.4 Å². The Labute approximate surface area is 135 Å². The molecule has 1 aliphatic carbocycles. The molecule has 0 unspecified atom stereocenters. The lowest BCUT2D eigenvalue weighted by atomic mass is 9.76. The first-order valence-corrected chi connectivity index (χ1v) is 9.51. The van der Waals surface area contributed by atoms with Crippen LogP contribution in [0.25, 0.3) is 0 Å². The highest BCUT2D eigenvalue weighted by molar-refractivity contribution is 9.09. The number of alkyl halides is 1. The normalized spacial score (nSPS) is 33.0. The predicted molar refractivity (Wildman–Crippen MR) is 88.1 cm³/mol. The molecule has 0 radical (unpaired) electrons. The van der Waals surface area contributed by atoms with E-state index in [4.69, 9.17) is 0 Å². The summed E-state index contributed by atoms with van der Waals surface area (Å²) >= 11 is 3.64. The maximum absolute atomic E-state index is 13.0. The first kappa shape index (κ1) is 15.3. The topological polar surface area (TPSA) is 37.4 Å². The molecular weight excluding hydrogens is 350 g/mol. The highest BCUT2D eigenvalue weighted by Crippen LogP contribution is 2.49. The second kappa shape index (κ2) is 4.93. The summed E-state index contributed by atoms with van der Waals surface area (Å²) in [6.45, 7) is 6.79. The van der Waals surface area contributed by atoms with E-state index >= 15 is 0 Å². The number of nitrogens with zero attached hydrogens (tertiary/aromatic N) is 1. The Bertz CT molecular complexity index is 695. The first-order chi connectivity index (χ1) is 9.74. The molecule has 1 aromatic rings. The number of aryl methyl sites for hydroxylation is 1. The standard InChI is InChI=1S/C16H20BrNO2S/c1-11-4-6-13(7-5-11)21(19,20)18-10-16(3)9-15(18)14(17)8-12(16)2/h4-8,14-15H,9-10H2,1-3H3/t14-,15-,16-/m1/s1. The van der Waals surface area contributed by atoms with E-state index in [2.05, 4.69) is 35.9 Å². The lowest BCUT2D eigenvalue weighted by Crippen LogP contribution is -2.39. The van der Waals surface area contributed by atoms with E-state index < -0.39 is 10.0 Å². The molecule has 1 aliphatic heterocycles. The molecule has 3 nitrogen and oxygen atoms in total. The van der Waals surface area contributed by atoms with E-state index in [1.165, 1.54) is 5.57 Å². The zero-order chi connectivity index (χ0) is 15.4. The van der Waals surface area contributed by atoms with Crippen LogP contribution in [0.2, 0.25) is 0 Å². The molecule has 1 aromatic carbocycles. The van der Waals surface area contributed by atoms with E-state index in [-0.39, 0.29) is 16.3 Å². The van der Waals surface area contributed by atoms with Gasteiger partial charge in [-0.1, -0.05) is 52.2 Å². The fourth-order valence-electron chi connectivity index (χ4n) is 3.31. The van der Waals surface area contributed by atoms with Crippen LogP contribution in [-0.2, 0) is 10.0 Å². The van der Waals surface area contributed by atoms with Gasteiger partial charge in [-0.05, 0) is 32.4 Å². The number of fused-ring (bicyclic) bond motifs is 2. The summed E-state index contributed by atoms with van der Waals surface area (Å²) in [4.78, 5) is 0.481. The second-order valence-corrected chi connectivity index (χ2v) is 9.44. The molecule has 114 valence electrons. The molecular formula is C16H20BrNO2S. The monoisotopic (exact) mass is 369 g/mol. The van der Waals surface area contributed by atoms with E-state index in [1.807, 2.05) is 19.1 Å². The summed E-state index contributed by atoms with van der Waals surface area (Å²) in [6.07, 6.45) is 3.05. The Morgan fingerprint density at radius 3 is 2.48 bits per heavy atom. The lowest BCUT2D eigenvalue weighted by Gasteiger charge is -2.30. The van der Waals surface area contributed by atoms with Crippen LogP contribution in [0.5, 0.6) is 0 Å². The minimum atomic E-state index is -3.43. The molecule has 0 aromatic heterocycles. The third-order valence-corrected chi connectivity index (χ3v) is 7.65. The summed E-state index contributed by atoms with van der Waals surface area (Å²) in [6, 6.07) is 7.13. The Balaban J connectivity index is 2.00. The van der Waals surface area contributed by atoms with Gasteiger partial charge in [0.2, 0.25) is 10.0 Å². The van der Waals surface area contributed by atoms with Crippen molar-refractivity contribution in [3.05, 3.63) is 41.5 Å². The molecule has 0 spiro atoms. The van der Waals surface area contributed by atoms with Crippen molar-refractivity contribution in [1.29, 1.82) is 0 Å². The van der Waals surface area contributed by atoms with Gasteiger partial charge in [-0.2, -0.15) is 4.31 Å². The maximum Gasteiger partial charge on any atom is 0.243 e. The third kappa shape index (κ3) is 2.39. The van der Waals surface area contributed by atoms with Crippen LogP contribution in [0.3, 0.4) is 0 Å². The number of halogens is 1. The van der Waals surface area contributed by atoms with Gasteiger partial charge in [0, 0.05) is 22.8 Å². The van der Waals surface area contributed by atoms with Gasteiger partial charge < -0.3 is 0 Å². The van der Waals surface area contributed by atoms with Crippen molar-refractivity contribution >= 4 is 26.0 Å². The zero-order valence-electron chi connectivity index (χ0n) is 12.5. The minimum absolute atomic E-state index is 0.00463. The maximum atomic E-state index is 13.0. The molecule has 5 heteroatoms. The SMILES string of the molecule is CC1=C[C@@H](Br)[C@H]2C[C@]1(C)CN2S(=O)(=O)c1ccc(C)cc1. The fourth-order valence-corrected chi connectivity index (χ4v) is 6.10. The Kier molecular flexibility index (Phi) is 3.58. The van der Waals surface area contributed by atoms with Crippen molar-refractivity contribution < 1.29 is 8.42 Å². The second-order valence-electron chi connectivity index (χ2n) is 6.49. The van der Waals surface area contributed by atoms with Gasteiger partial charge in [0.1, 0.15) is 0 Å². The molecule has 1 fully saturated rings. The highest BCUT2D eigenvalue weighted by atomic mass is 79.9. The fraction of sp³-hybridized carbons (Fsp3) is 0.500. The number of hydrogen-bond acceptors (Lipinski definition) is 2. The van der Waals surface area contributed by atoms with Crippen molar-refractivity contribution in [2.75, 3.05) is 6.54 Å². The van der Waals surface area contributed by atoms with Crippen molar-refractivity contribution in [3.63, 3.8) is 0 Å². The van der Waals surface area contributed by atoms with Crippen LogP contribution in [0.1, 0.15) is 25.8 Å². The molecule has 21 heavy (non-hydrogen) atoms. The lowest BCUT2D eigenvalue weighted by molar-refractivity contribution is 0.391. The van der Waals surface area contributed by atoms with Crippen molar-refractivity contribution in [1.82, 2.24) is 4.31 Å². The van der Waals surface area contributed by atoms with Gasteiger partial charge in [-0.3, -0.25) is 0 Å². The van der Waals surface area contributed by atoms with E-state index in [0.717, 1.165) is 12.0 Å². The average molecular weight is 370 g/mol. The minimum Gasteiger partial charge on any atom is -0.207 e. The average Bonchev–Trinajstić information content (AvgIpc) is 2.75.